The Labute approximate surface area is 166 Å². The van der Waals surface area contributed by atoms with E-state index in [0.29, 0.717) is 38.0 Å². The van der Waals surface area contributed by atoms with Gasteiger partial charge in [0.1, 0.15) is 12.6 Å². The Morgan fingerprint density at radius 3 is 2.39 bits per heavy atom. The van der Waals surface area contributed by atoms with E-state index in [-0.39, 0.29) is 30.2 Å². The molecule has 1 unspecified atom stereocenters. The summed E-state index contributed by atoms with van der Waals surface area (Å²) in [5.41, 5.74) is 1.61. The van der Waals surface area contributed by atoms with Crippen LogP contribution in [-0.4, -0.2) is 62.0 Å². The van der Waals surface area contributed by atoms with Gasteiger partial charge in [0, 0.05) is 32.3 Å². The van der Waals surface area contributed by atoms with Gasteiger partial charge in [-0.15, -0.1) is 0 Å². The fourth-order valence-corrected chi connectivity index (χ4v) is 3.38. The molecule has 1 aliphatic rings. The third kappa shape index (κ3) is 6.05. The zero-order valence-electron chi connectivity index (χ0n) is 17.0. The van der Waals surface area contributed by atoms with E-state index in [2.05, 4.69) is 10.6 Å². The molecule has 1 atom stereocenters. The molecule has 0 aromatic heterocycles. The van der Waals surface area contributed by atoms with Crippen molar-refractivity contribution in [3.63, 3.8) is 0 Å². The van der Waals surface area contributed by atoms with E-state index in [0.717, 1.165) is 12.0 Å². The molecule has 7 heteroatoms. The minimum Gasteiger partial charge on any atom is -0.375 e. The van der Waals surface area contributed by atoms with Crippen LogP contribution in [-0.2, 0) is 14.3 Å². The van der Waals surface area contributed by atoms with Crippen molar-refractivity contribution < 1.29 is 19.1 Å². The van der Waals surface area contributed by atoms with Crippen LogP contribution in [0.5, 0.6) is 0 Å². The van der Waals surface area contributed by atoms with Crippen LogP contribution in [0.15, 0.2) is 24.3 Å². The van der Waals surface area contributed by atoms with E-state index in [1.54, 1.807) is 17.0 Å². The molecule has 1 fully saturated rings. The number of likely N-dealkylation sites (tertiary alicyclic amines) is 1. The molecular weight excluding hydrogens is 358 g/mol. The number of benzene rings is 1. The number of amides is 3. The van der Waals surface area contributed by atoms with Crippen molar-refractivity contribution in [1.82, 2.24) is 15.5 Å². The van der Waals surface area contributed by atoms with Crippen LogP contribution in [0.4, 0.5) is 0 Å². The molecule has 2 rings (SSSR count). The Bertz CT molecular complexity index is 667. The van der Waals surface area contributed by atoms with E-state index in [9.17, 15) is 14.4 Å². The molecule has 0 saturated carbocycles. The van der Waals surface area contributed by atoms with E-state index < -0.39 is 6.04 Å². The number of nitrogens with zero attached hydrogens (tertiary/aromatic N) is 1. The molecule has 28 heavy (non-hydrogen) atoms. The number of aryl methyl sites for hydroxylation is 1. The molecular formula is C21H31N3O4. The van der Waals surface area contributed by atoms with Gasteiger partial charge in [-0.25, -0.2) is 0 Å². The summed E-state index contributed by atoms with van der Waals surface area (Å²) in [7, 11) is 1.50. The molecule has 0 radical (unpaired) electrons. The molecule has 1 aromatic rings. The second-order valence-electron chi connectivity index (χ2n) is 7.26. The maximum atomic E-state index is 12.7. The fraction of sp³-hybridized carbons (Fsp3) is 0.571. The predicted molar refractivity (Wildman–Crippen MR) is 107 cm³/mol. The van der Waals surface area contributed by atoms with Gasteiger partial charge in [-0.2, -0.15) is 0 Å². The number of nitrogens with one attached hydrogen (secondary N) is 2. The topological polar surface area (TPSA) is 87.7 Å². The molecule has 0 bridgehead atoms. The summed E-state index contributed by atoms with van der Waals surface area (Å²) in [6.45, 7) is 5.70. The number of methoxy groups -OCH3 is 1. The summed E-state index contributed by atoms with van der Waals surface area (Å²) in [6, 6.07) is 6.66. The highest BCUT2D eigenvalue weighted by atomic mass is 16.5. The first-order valence-corrected chi connectivity index (χ1v) is 9.88. The fourth-order valence-electron chi connectivity index (χ4n) is 3.38. The molecule has 7 nitrogen and oxygen atoms in total. The highest BCUT2D eigenvalue weighted by molar-refractivity contribution is 5.97. The molecule has 1 aromatic carbocycles. The third-order valence-corrected chi connectivity index (χ3v) is 5.06. The summed E-state index contributed by atoms with van der Waals surface area (Å²) in [6.07, 6.45) is 2.15. The minimum atomic E-state index is -0.611. The Hall–Kier alpha value is -2.41. The number of ether oxygens (including phenoxy) is 1. The molecule has 1 saturated heterocycles. The average Bonchev–Trinajstić information content (AvgIpc) is 2.71. The molecule has 1 aliphatic heterocycles. The lowest BCUT2D eigenvalue weighted by atomic mass is 9.88. The van der Waals surface area contributed by atoms with Crippen molar-refractivity contribution in [2.45, 2.75) is 39.2 Å². The van der Waals surface area contributed by atoms with Crippen molar-refractivity contribution in [2.24, 2.45) is 5.92 Å². The minimum absolute atomic E-state index is 0.0159. The first-order chi connectivity index (χ1) is 13.5. The quantitative estimate of drug-likeness (QED) is 0.705. The van der Waals surface area contributed by atoms with Gasteiger partial charge < -0.3 is 20.3 Å². The third-order valence-electron chi connectivity index (χ3n) is 5.06. The molecule has 3 amide bonds. The van der Waals surface area contributed by atoms with Crippen LogP contribution in [0.25, 0.3) is 0 Å². The van der Waals surface area contributed by atoms with Gasteiger partial charge in [0.25, 0.3) is 5.91 Å². The van der Waals surface area contributed by atoms with E-state index in [4.69, 9.17) is 4.74 Å². The van der Waals surface area contributed by atoms with Gasteiger partial charge in [-0.1, -0.05) is 24.6 Å². The first kappa shape index (κ1) is 21.9. The van der Waals surface area contributed by atoms with Gasteiger partial charge >= 0.3 is 0 Å². The maximum Gasteiger partial charge on any atom is 0.251 e. The van der Waals surface area contributed by atoms with Crippen molar-refractivity contribution in [1.29, 1.82) is 0 Å². The monoisotopic (exact) mass is 389 g/mol. The SMILES string of the molecule is CCCNC(=O)C(NC(=O)c1ccc(C)cc1)C1CCN(C(=O)COC)CC1. The number of carbonyl (C=O) groups is 3. The standard InChI is InChI=1S/C21H31N3O4/c1-4-11-22-21(27)19(23-20(26)17-7-5-15(2)6-8-17)16-9-12-24(13-10-16)18(25)14-28-3/h5-8,16,19H,4,9-14H2,1-3H3,(H,22,27)(H,23,26). The smallest absolute Gasteiger partial charge is 0.251 e. The Morgan fingerprint density at radius 1 is 1.18 bits per heavy atom. The van der Waals surface area contributed by atoms with E-state index in [1.807, 2.05) is 26.0 Å². The Morgan fingerprint density at radius 2 is 1.82 bits per heavy atom. The summed E-state index contributed by atoms with van der Waals surface area (Å²) in [4.78, 5) is 39.1. The lowest BCUT2D eigenvalue weighted by Crippen LogP contribution is -2.54. The van der Waals surface area contributed by atoms with Crippen LogP contribution in [0.1, 0.15) is 42.1 Å². The highest BCUT2D eigenvalue weighted by Crippen LogP contribution is 2.22. The van der Waals surface area contributed by atoms with Crippen LogP contribution < -0.4 is 10.6 Å². The number of piperidine rings is 1. The first-order valence-electron chi connectivity index (χ1n) is 9.88. The van der Waals surface area contributed by atoms with Gasteiger partial charge in [0.2, 0.25) is 11.8 Å². The summed E-state index contributed by atoms with van der Waals surface area (Å²) < 4.78 is 4.91. The largest absolute Gasteiger partial charge is 0.375 e. The highest BCUT2D eigenvalue weighted by Gasteiger charge is 2.33. The van der Waals surface area contributed by atoms with Crippen LogP contribution in [0.2, 0.25) is 0 Å². The van der Waals surface area contributed by atoms with Crippen LogP contribution >= 0.6 is 0 Å². The predicted octanol–water partition coefficient (Wildman–Crippen LogP) is 1.50. The molecule has 0 spiro atoms. The van der Waals surface area contributed by atoms with Crippen LogP contribution in [0.3, 0.4) is 0 Å². The summed E-state index contributed by atoms with van der Waals surface area (Å²) in [5, 5.41) is 5.82. The second-order valence-corrected chi connectivity index (χ2v) is 7.26. The van der Waals surface area contributed by atoms with Gasteiger partial charge in [-0.3, -0.25) is 14.4 Å². The zero-order valence-corrected chi connectivity index (χ0v) is 17.0. The second kappa shape index (κ2) is 10.8. The average molecular weight is 389 g/mol. The molecule has 154 valence electrons. The van der Waals surface area contributed by atoms with E-state index >= 15 is 0 Å². The number of rotatable bonds is 8. The summed E-state index contributed by atoms with van der Waals surface area (Å²) >= 11 is 0. The van der Waals surface area contributed by atoms with Gasteiger partial charge in [0.05, 0.1) is 0 Å². The van der Waals surface area contributed by atoms with Crippen LogP contribution in [0, 0.1) is 12.8 Å². The van der Waals surface area contributed by atoms with Crippen molar-refractivity contribution >= 4 is 17.7 Å². The number of hydrogen-bond donors (Lipinski definition) is 2. The normalized spacial score (nSPS) is 15.8. The number of hydrogen-bond acceptors (Lipinski definition) is 4. The van der Waals surface area contributed by atoms with Crippen molar-refractivity contribution in [3.05, 3.63) is 35.4 Å². The lowest BCUT2D eigenvalue weighted by Gasteiger charge is -2.35. The Balaban J connectivity index is 2.05. The van der Waals surface area contributed by atoms with E-state index in [1.165, 1.54) is 7.11 Å². The zero-order chi connectivity index (χ0) is 20.5. The van der Waals surface area contributed by atoms with Crippen molar-refractivity contribution in [3.8, 4) is 0 Å². The Kier molecular flexibility index (Phi) is 8.44. The van der Waals surface area contributed by atoms with Crippen molar-refractivity contribution in [2.75, 3.05) is 33.4 Å². The molecule has 2 N–H and O–H groups in total. The van der Waals surface area contributed by atoms with Gasteiger partial charge in [-0.05, 0) is 44.2 Å². The molecule has 0 aliphatic carbocycles. The lowest BCUT2D eigenvalue weighted by molar-refractivity contribution is -0.136. The summed E-state index contributed by atoms with van der Waals surface area (Å²) in [5.74, 6) is -0.479. The maximum absolute atomic E-state index is 12.7. The molecule has 1 heterocycles. The number of carbonyl (C=O) groups excluding carboxylic acids is 3. The van der Waals surface area contributed by atoms with Gasteiger partial charge in [0.15, 0.2) is 0 Å².